The van der Waals surface area contributed by atoms with Crippen molar-refractivity contribution in [2.45, 2.75) is 18.9 Å². The number of carbonyl (C=O) groups excluding carboxylic acids is 3. The topological polar surface area (TPSA) is 60.9 Å². The minimum Gasteiger partial charge on any atom is -0.338 e. The molecule has 0 atom stereocenters. The molecule has 2 aliphatic rings. The van der Waals surface area contributed by atoms with Crippen LogP contribution in [0.4, 0.5) is 14.9 Å². The Labute approximate surface area is 162 Å². The summed E-state index contributed by atoms with van der Waals surface area (Å²) in [6.07, 6.45) is 1.21. The Hall–Kier alpha value is -3.22. The van der Waals surface area contributed by atoms with Gasteiger partial charge < -0.3 is 9.80 Å². The van der Waals surface area contributed by atoms with Gasteiger partial charge >= 0.3 is 6.03 Å². The van der Waals surface area contributed by atoms with Crippen LogP contribution in [0.1, 0.15) is 23.2 Å². The van der Waals surface area contributed by atoms with Gasteiger partial charge in [-0.25, -0.2) is 14.1 Å². The summed E-state index contributed by atoms with van der Waals surface area (Å²) in [6.45, 7) is 1.04. The van der Waals surface area contributed by atoms with Crippen LogP contribution in [-0.2, 0) is 4.79 Å². The molecule has 2 saturated heterocycles. The number of imide groups is 1. The Kier molecular flexibility index (Phi) is 4.81. The summed E-state index contributed by atoms with van der Waals surface area (Å²) in [5.41, 5.74) is 1.02. The van der Waals surface area contributed by atoms with E-state index in [1.54, 1.807) is 34.1 Å². The molecule has 2 fully saturated rings. The first-order chi connectivity index (χ1) is 13.5. The van der Waals surface area contributed by atoms with Crippen molar-refractivity contribution in [2.75, 3.05) is 24.5 Å². The average molecular weight is 381 g/mol. The molecule has 4 rings (SSSR count). The molecule has 0 aromatic heterocycles. The lowest BCUT2D eigenvalue weighted by molar-refractivity contribution is -0.116. The monoisotopic (exact) mass is 381 g/mol. The Morgan fingerprint density at radius 2 is 1.57 bits per heavy atom. The van der Waals surface area contributed by atoms with Gasteiger partial charge in [0.1, 0.15) is 12.4 Å². The van der Waals surface area contributed by atoms with Crippen LogP contribution < -0.4 is 4.90 Å². The Balaban J connectivity index is 1.40. The largest absolute Gasteiger partial charge is 0.338 e. The van der Waals surface area contributed by atoms with Crippen molar-refractivity contribution in [1.82, 2.24) is 9.80 Å². The van der Waals surface area contributed by atoms with Gasteiger partial charge in [0, 0.05) is 24.7 Å². The van der Waals surface area contributed by atoms with E-state index in [0.717, 1.165) is 0 Å². The molecule has 0 spiro atoms. The predicted octanol–water partition coefficient (Wildman–Crippen LogP) is 2.90. The molecule has 2 aromatic rings. The number of carbonyl (C=O) groups is 3. The van der Waals surface area contributed by atoms with Gasteiger partial charge in [-0.2, -0.15) is 0 Å². The third kappa shape index (κ3) is 3.35. The number of hydrogen-bond acceptors (Lipinski definition) is 3. The van der Waals surface area contributed by atoms with E-state index in [-0.39, 0.29) is 36.2 Å². The highest BCUT2D eigenvalue weighted by atomic mass is 19.1. The molecule has 2 aromatic carbocycles. The van der Waals surface area contributed by atoms with Crippen LogP contribution >= 0.6 is 0 Å². The molecule has 144 valence electrons. The molecule has 0 saturated carbocycles. The van der Waals surface area contributed by atoms with Gasteiger partial charge in [-0.3, -0.25) is 9.59 Å². The van der Waals surface area contributed by atoms with Crippen LogP contribution in [0.3, 0.4) is 0 Å². The average Bonchev–Trinajstić information content (AvgIpc) is 3.03. The lowest BCUT2D eigenvalue weighted by Crippen LogP contribution is -2.48. The summed E-state index contributed by atoms with van der Waals surface area (Å²) in [4.78, 5) is 42.3. The van der Waals surface area contributed by atoms with Crippen LogP contribution in [-0.4, -0.2) is 53.3 Å². The number of likely N-dealkylation sites (tertiary alicyclic amines) is 1. The van der Waals surface area contributed by atoms with Crippen molar-refractivity contribution in [3.63, 3.8) is 0 Å². The molecular formula is C21H20FN3O3. The lowest BCUT2D eigenvalue weighted by atomic mass is 10.0. The minimum atomic E-state index is -0.379. The van der Waals surface area contributed by atoms with E-state index in [1.165, 1.54) is 29.2 Å². The number of nitrogens with zero attached hydrogens (tertiary/aromatic N) is 3. The maximum absolute atomic E-state index is 13.0. The molecule has 4 amide bonds. The van der Waals surface area contributed by atoms with Crippen LogP contribution in [0.15, 0.2) is 54.6 Å². The van der Waals surface area contributed by atoms with Crippen molar-refractivity contribution in [1.29, 1.82) is 0 Å². The zero-order valence-electron chi connectivity index (χ0n) is 15.3. The van der Waals surface area contributed by atoms with E-state index >= 15 is 0 Å². The number of benzene rings is 2. The van der Waals surface area contributed by atoms with Crippen LogP contribution in [0, 0.1) is 5.82 Å². The quantitative estimate of drug-likeness (QED) is 0.768. The van der Waals surface area contributed by atoms with Crippen LogP contribution in [0.25, 0.3) is 0 Å². The van der Waals surface area contributed by atoms with Gasteiger partial charge in [-0.05, 0) is 49.2 Å². The fourth-order valence-corrected chi connectivity index (χ4v) is 3.79. The van der Waals surface area contributed by atoms with Crippen molar-refractivity contribution in [2.24, 2.45) is 0 Å². The van der Waals surface area contributed by atoms with E-state index in [0.29, 0.717) is 37.2 Å². The number of rotatable bonds is 3. The molecule has 0 N–H and O–H groups in total. The second-order valence-electron chi connectivity index (χ2n) is 7.01. The smallest absolute Gasteiger partial charge is 0.332 e. The van der Waals surface area contributed by atoms with Crippen molar-refractivity contribution in [3.8, 4) is 0 Å². The van der Waals surface area contributed by atoms with E-state index in [1.807, 2.05) is 6.07 Å². The fourth-order valence-electron chi connectivity index (χ4n) is 3.79. The number of hydrogen-bond donors (Lipinski definition) is 0. The number of anilines is 1. The van der Waals surface area contributed by atoms with Gasteiger partial charge in [0.15, 0.2) is 0 Å². The highest BCUT2D eigenvalue weighted by Gasteiger charge is 2.41. The molecule has 6 nitrogen and oxygen atoms in total. The summed E-state index contributed by atoms with van der Waals surface area (Å²) >= 11 is 0. The number of amides is 4. The first-order valence-electron chi connectivity index (χ1n) is 9.28. The number of urea groups is 1. The van der Waals surface area contributed by atoms with Gasteiger partial charge in [0.25, 0.3) is 11.8 Å². The second kappa shape index (κ2) is 7.42. The molecule has 7 heteroatoms. The van der Waals surface area contributed by atoms with E-state index in [2.05, 4.69) is 0 Å². The Morgan fingerprint density at radius 1 is 0.929 bits per heavy atom. The fraction of sp³-hybridized carbons (Fsp3) is 0.286. The predicted molar refractivity (Wildman–Crippen MR) is 101 cm³/mol. The Morgan fingerprint density at radius 3 is 2.21 bits per heavy atom. The maximum Gasteiger partial charge on any atom is 0.332 e. The van der Waals surface area contributed by atoms with Crippen molar-refractivity contribution >= 4 is 23.5 Å². The SMILES string of the molecule is O=C(c1ccc(F)cc1)N1CCC(N2CC(=O)N(c3ccccc3)C2=O)CC1. The molecule has 0 unspecified atom stereocenters. The number of piperidine rings is 1. The molecular weight excluding hydrogens is 361 g/mol. The first-order valence-corrected chi connectivity index (χ1v) is 9.28. The number of para-hydroxylation sites is 1. The molecule has 28 heavy (non-hydrogen) atoms. The third-order valence-electron chi connectivity index (χ3n) is 5.29. The summed E-state index contributed by atoms with van der Waals surface area (Å²) in [6, 6.07) is 14.0. The van der Waals surface area contributed by atoms with E-state index < -0.39 is 0 Å². The molecule has 2 heterocycles. The molecule has 0 radical (unpaired) electrons. The second-order valence-corrected chi connectivity index (χ2v) is 7.01. The van der Waals surface area contributed by atoms with Gasteiger partial charge in [-0.15, -0.1) is 0 Å². The summed E-state index contributed by atoms with van der Waals surface area (Å²) in [5.74, 6) is -0.760. The highest BCUT2D eigenvalue weighted by molar-refractivity contribution is 6.19. The highest BCUT2D eigenvalue weighted by Crippen LogP contribution is 2.26. The van der Waals surface area contributed by atoms with E-state index in [9.17, 15) is 18.8 Å². The maximum atomic E-state index is 13.0. The Bertz CT molecular complexity index is 893. The normalized spacial score (nSPS) is 18.1. The minimum absolute atomic E-state index is 0.0598. The van der Waals surface area contributed by atoms with Gasteiger partial charge in [0.05, 0.1) is 5.69 Å². The molecule has 0 aliphatic carbocycles. The van der Waals surface area contributed by atoms with Crippen LogP contribution in [0.5, 0.6) is 0 Å². The van der Waals surface area contributed by atoms with E-state index in [4.69, 9.17) is 0 Å². The van der Waals surface area contributed by atoms with Gasteiger partial charge in [0.2, 0.25) is 0 Å². The number of halogens is 1. The third-order valence-corrected chi connectivity index (χ3v) is 5.29. The first kappa shape index (κ1) is 18.2. The standard InChI is InChI=1S/C21H20FN3O3/c22-16-8-6-15(7-9-16)20(27)23-12-10-17(11-13-23)24-14-19(26)25(21(24)28)18-4-2-1-3-5-18/h1-9,17H,10-14H2. The molecule has 0 bridgehead atoms. The molecule has 2 aliphatic heterocycles. The summed E-state index contributed by atoms with van der Waals surface area (Å²) in [5, 5.41) is 0. The van der Waals surface area contributed by atoms with Crippen molar-refractivity contribution < 1.29 is 18.8 Å². The van der Waals surface area contributed by atoms with Crippen LogP contribution in [0.2, 0.25) is 0 Å². The zero-order chi connectivity index (χ0) is 19.7. The van der Waals surface area contributed by atoms with Gasteiger partial charge in [-0.1, -0.05) is 18.2 Å². The summed E-state index contributed by atoms with van der Waals surface area (Å²) < 4.78 is 13.0. The lowest BCUT2D eigenvalue weighted by Gasteiger charge is -2.36. The summed E-state index contributed by atoms with van der Waals surface area (Å²) in [7, 11) is 0. The van der Waals surface area contributed by atoms with Crippen molar-refractivity contribution in [3.05, 3.63) is 66.0 Å². The zero-order valence-corrected chi connectivity index (χ0v) is 15.3.